The molecule has 10 heavy (non-hydrogen) atoms. The van der Waals surface area contributed by atoms with E-state index in [9.17, 15) is 0 Å². The molecule has 0 saturated carbocycles. The topological polar surface area (TPSA) is 66.7 Å². The first-order valence-electron chi connectivity index (χ1n) is 3.28. The monoisotopic (exact) mass is 140 g/mol. The molecule has 0 atom stereocenters. The van der Waals surface area contributed by atoms with E-state index in [4.69, 9.17) is 5.73 Å². The van der Waals surface area contributed by atoms with Crippen LogP contribution in [0.4, 0.5) is 5.69 Å². The first kappa shape index (κ1) is 7.08. The Morgan fingerprint density at radius 2 is 2.60 bits per heavy atom. The van der Waals surface area contributed by atoms with Crippen molar-refractivity contribution in [3.63, 3.8) is 0 Å². The molecule has 4 heteroatoms. The van der Waals surface area contributed by atoms with Gasteiger partial charge < -0.3 is 11.1 Å². The van der Waals surface area contributed by atoms with Gasteiger partial charge in [-0.25, -0.2) is 0 Å². The van der Waals surface area contributed by atoms with Crippen molar-refractivity contribution in [1.82, 2.24) is 10.2 Å². The molecule has 0 unspecified atom stereocenters. The molecule has 0 fully saturated rings. The average molecular weight is 140 g/mol. The number of rotatable bonds is 3. The summed E-state index contributed by atoms with van der Waals surface area (Å²) in [6.07, 6.45) is 1.75. The smallest absolute Gasteiger partial charge is 0.0753 e. The quantitative estimate of drug-likeness (QED) is 0.557. The Bertz CT molecular complexity index is 193. The van der Waals surface area contributed by atoms with Crippen LogP contribution in [0.2, 0.25) is 0 Å². The minimum Gasteiger partial charge on any atom is -0.381 e. The molecule has 1 aromatic rings. The fourth-order valence-corrected chi connectivity index (χ4v) is 0.736. The van der Waals surface area contributed by atoms with E-state index in [-0.39, 0.29) is 0 Å². The van der Waals surface area contributed by atoms with Crippen LogP contribution in [0.25, 0.3) is 0 Å². The van der Waals surface area contributed by atoms with Gasteiger partial charge in [-0.2, -0.15) is 5.10 Å². The number of anilines is 1. The molecule has 4 N–H and O–H groups in total. The van der Waals surface area contributed by atoms with Gasteiger partial charge >= 0.3 is 0 Å². The zero-order chi connectivity index (χ0) is 7.40. The summed E-state index contributed by atoms with van der Waals surface area (Å²) in [7, 11) is 0. The van der Waals surface area contributed by atoms with Crippen molar-refractivity contribution < 1.29 is 0 Å². The summed E-state index contributed by atoms with van der Waals surface area (Å²) in [6, 6.07) is 0. The summed E-state index contributed by atoms with van der Waals surface area (Å²) in [5.74, 6) is 0. The SMILES string of the molecule is Cc1[nH]ncc1NCCN. The van der Waals surface area contributed by atoms with Gasteiger partial charge in [-0.15, -0.1) is 0 Å². The number of nitrogens with two attached hydrogens (primary N) is 1. The number of aryl methyl sites for hydroxylation is 1. The minimum absolute atomic E-state index is 0.643. The van der Waals surface area contributed by atoms with Crippen LogP contribution in [0.15, 0.2) is 6.20 Å². The minimum atomic E-state index is 0.643. The van der Waals surface area contributed by atoms with Crippen molar-refractivity contribution in [3.8, 4) is 0 Å². The van der Waals surface area contributed by atoms with Gasteiger partial charge in [0.1, 0.15) is 0 Å². The number of H-pyrrole nitrogens is 1. The van der Waals surface area contributed by atoms with E-state index in [0.29, 0.717) is 6.54 Å². The maximum absolute atomic E-state index is 5.30. The zero-order valence-electron chi connectivity index (χ0n) is 6.02. The van der Waals surface area contributed by atoms with Crippen molar-refractivity contribution in [3.05, 3.63) is 11.9 Å². The molecule has 1 rings (SSSR count). The fraction of sp³-hybridized carbons (Fsp3) is 0.500. The van der Waals surface area contributed by atoms with Crippen LogP contribution in [0, 0.1) is 6.92 Å². The molecule has 0 aliphatic heterocycles. The van der Waals surface area contributed by atoms with E-state index in [1.807, 2.05) is 6.92 Å². The van der Waals surface area contributed by atoms with Crippen molar-refractivity contribution in [2.24, 2.45) is 5.73 Å². The van der Waals surface area contributed by atoms with E-state index in [0.717, 1.165) is 17.9 Å². The Labute approximate surface area is 59.8 Å². The molecular weight excluding hydrogens is 128 g/mol. The molecule has 1 heterocycles. The maximum Gasteiger partial charge on any atom is 0.0753 e. The van der Waals surface area contributed by atoms with E-state index in [2.05, 4.69) is 15.5 Å². The van der Waals surface area contributed by atoms with Crippen LogP contribution in [0.1, 0.15) is 5.69 Å². The maximum atomic E-state index is 5.30. The van der Waals surface area contributed by atoms with Gasteiger partial charge in [-0.05, 0) is 6.92 Å². The Morgan fingerprint density at radius 1 is 1.80 bits per heavy atom. The first-order chi connectivity index (χ1) is 4.84. The molecule has 0 aromatic carbocycles. The molecular formula is C6H12N4. The third-order valence-electron chi connectivity index (χ3n) is 1.29. The van der Waals surface area contributed by atoms with Crippen molar-refractivity contribution >= 4 is 5.69 Å². The molecule has 0 spiro atoms. The van der Waals surface area contributed by atoms with E-state index >= 15 is 0 Å². The number of hydrogen-bond donors (Lipinski definition) is 3. The third kappa shape index (κ3) is 1.48. The summed E-state index contributed by atoms with van der Waals surface area (Å²) in [5.41, 5.74) is 7.38. The Kier molecular flexibility index (Phi) is 2.28. The zero-order valence-corrected chi connectivity index (χ0v) is 6.02. The van der Waals surface area contributed by atoms with Crippen LogP contribution < -0.4 is 11.1 Å². The number of nitrogens with one attached hydrogen (secondary N) is 2. The van der Waals surface area contributed by atoms with Gasteiger partial charge in [0, 0.05) is 13.1 Å². The van der Waals surface area contributed by atoms with Gasteiger partial charge in [0.05, 0.1) is 17.6 Å². The van der Waals surface area contributed by atoms with Gasteiger partial charge in [-0.1, -0.05) is 0 Å². The standard InChI is InChI=1S/C6H12N4/c1-5-6(4-9-10-5)8-3-2-7/h4,8H,2-3,7H2,1H3,(H,9,10). The van der Waals surface area contributed by atoms with Crippen LogP contribution in [0.3, 0.4) is 0 Å². The highest BCUT2D eigenvalue weighted by Crippen LogP contribution is 2.07. The molecule has 0 aliphatic carbocycles. The van der Waals surface area contributed by atoms with Gasteiger partial charge in [0.2, 0.25) is 0 Å². The fourth-order valence-electron chi connectivity index (χ4n) is 0.736. The summed E-state index contributed by atoms with van der Waals surface area (Å²) in [6.45, 7) is 3.40. The Morgan fingerprint density at radius 3 is 3.10 bits per heavy atom. The second-order valence-electron chi connectivity index (χ2n) is 2.12. The predicted molar refractivity (Wildman–Crippen MR) is 40.9 cm³/mol. The lowest BCUT2D eigenvalue weighted by Crippen LogP contribution is -2.13. The molecule has 0 aliphatic rings. The van der Waals surface area contributed by atoms with Gasteiger partial charge in [-0.3, -0.25) is 5.10 Å². The lowest BCUT2D eigenvalue weighted by molar-refractivity contribution is 1.02. The van der Waals surface area contributed by atoms with Gasteiger partial charge in [0.25, 0.3) is 0 Å². The summed E-state index contributed by atoms with van der Waals surface area (Å²) >= 11 is 0. The number of aromatic amines is 1. The van der Waals surface area contributed by atoms with Crippen LogP contribution in [0.5, 0.6) is 0 Å². The lowest BCUT2D eigenvalue weighted by atomic mass is 10.4. The van der Waals surface area contributed by atoms with Crippen molar-refractivity contribution in [2.75, 3.05) is 18.4 Å². The number of hydrogen-bond acceptors (Lipinski definition) is 3. The normalized spacial score (nSPS) is 9.80. The highest BCUT2D eigenvalue weighted by atomic mass is 15.1. The Balaban J connectivity index is 2.49. The summed E-state index contributed by atoms with van der Waals surface area (Å²) in [4.78, 5) is 0. The molecule has 0 bridgehead atoms. The first-order valence-corrected chi connectivity index (χ1v) is 3.28. The predicted octanol–water partition coefficient (Wildman–Crippen LogP) is 0.0887. The molecule has 4 nitrogen and oxygen atoms in total. The summed E-state index contributed by atoms with van der Waals surface area (Å²) < 4.78 is 0. The van der Waals surface area contributed by atoms with E-state index in [1.165, 1.54) is 0 Å². The van der Waals surface area contributed by atoms with Crippen LogP contribution in [-0.2, 0) is 0 Å². The second kappa shape index (κ2) is 3.22. The molecule has 0 radical (unpaired) electrons. The van der Waals surface area contributed by atoms with Crippen LogP contribution >= 0.6 is 0 Å². The molecule has 1 aromatic heterocycles. The third-order valence-corrected chi connectivity index (χ3v) is 1.29. The lowest BCUT2D eigenvalue weighted by Gasteiger charge is -2.00. The second-order valence-corrected chi connectivity index (χ2v) is 2.12. The summed E-state index contributed by atoms with van der Waals surface area (Å²) in [5, 5.41) is 9.79. The van der Waals surface area contributed by atoms with Gasteiger partial charge in [0.15, 0.2) is 0 Å². The molecule has 0 saturated heterocycles. The Hall–Kier alpha value is -1.03. The average Bonchev–Trinajstić information content (AvgIpc) is 2.31. The highest BCUT2D eigenvalue weighted by molar-refractivity contribution is 5.44. The van der Waals surface area contributed by atoms with Crippen LogP contribution in [-0.4, -0.2) is 23.3 Å². The largest absolute Gasteiger partial charge is 0.381 e. The van der Waals surface area contributed by atoms with Crippen molar-refractivity contribution in [2.45, 2.75) is 6.92 Å². The molecule has 0 amide bonds. The number of aromatic nitrogens is 2. The van der Waals surface area contributed by atoms with E-state index in [1.54, 1.807) is 6.20 Å². The number of nitrogens with zero attached hydrogens (tertiary/aromatic N) is 1. The molecule has 56 valence electrons. The highest BCUT2D eigenvalue weighted by Gasteiger charge is 1.95. The van der Waals surface area contributed by atoms with Crippen molar-refractivity contribution in [1.29, 1.82) is 0 Å². The van der Waals surface area contributed by atoms with E-state index < -0.39 is 0 Å².